The van der Waals surface area contributed by atoms with Crippen molar-refractivity contribution in [3.8, 4) is 22.3 Å². The summed E-state index contributed by atoms with van der Waals surface area (Å²) in [5.41, 5.74) is 2.34. The molecule has 4 rings (SSSR count). The first-order valence-corrected chi connectivity index (χ1v) is 11.4. The van der Waals surface area contributed by atoms with Gasteiger partial charge in [-0.1, -0.05) is 60.7 Å². The first-order valence-electron chi connectivity index (χ1n) is 9.54. The zero-order valence-corrected chi connectivity index (χ0v) is 17.5. The number of sulfone groups is 1. The molecule has 0 bridgehead atoms. The van der Waals surface area contributed by atoms with Crippen molar-refractivity contribution in [2.45, 2.75) is 11.4 Å². The summed E-state index contributed by atoms with van der Waals surface area (Å²) in [4.78, 5) is 13.6. The van der Waals surface area contributed by atoms with Crippen molar-refractivity contribution in [1.29, 1.82) is 0 Å². The highest BCUT2D eigenvalue weighted by atomic mass is 32.2. The molecule has 0 aliphatic rings. The zero-order valence-electron chi connectivity index (χ0n) is 16.7. The molecular weight excluding hydrogens is 415 g/mol. The molecule has 3 aromatic carbocycles. The average molecular weight is 434 g/mol. The van der Waals surface area contributed by atoms with Crippen LogP contribution in [0, 0.1) is 5.82 Å². The summed E-state index contributed by atoms with van der Waals surface area (Å²) in [6, 6.07) is 21.7. The standard InChI is InChI=1S/C24H19FN2O3S/c1-31(29,30)20-13-11-17(12-14-20)21-15-26-27(16-19-9-5-6-10-22(19)25)24(28)23(21)18-7-3-2-4-8-18/h2-15H,16H2,1H3. The van der Waals surface area contributed by atoms with Crippen molar-refractivity contribution in [2.24, 2.45) is 0 Å². The van der Waals surface area contributed by atoms with Crippen LogP contribution in [0.25, 0.3) is 22.3 Å². The Morgan fingerprint density at radius 3 is 2.16 bits per heavy atom. The maximum absolute atomic E-state index is 14.1. The molecule has 0 atom stereocenters. The summed E-state index contributed by atoms with van der Waals surface area (Å²) >= 11 is 0. The lowest BCUT2D eigenvalue weighted by Crippen LogP contribution is -2.26. The van der Waals surface area contributed by atoms with Crippen molar-refractivity contribution in [3.05, 3.63) is 107 Å². The van der Waals surface area contributed by atoms with Gasteiger partial charge < -0.3 is 0 Å². The van der Waals surface area contributed by atoms with Crippen molar-refractivity contribution in [2.75, 3.05) is 6.26 Å². The predicted molar refractivity (Wildman–Crippen MR) is 118 cm³/mol. The third-order valence-corrected chi connectivity index (χ3v) is 6.11. The van der Waals surface area contributed by atoms with Gasteiger partial charge in [-0.15, -0.1) is 0 Å². The molecule has 1 aromatic heterocycles. The summed E-state index contributed by atoms with van der Waals surface area (Å²) in [5.74, 6) is -0.405. The normalized spacial score (nSPS) is 11.4. The van der Waals surface area contributed by atoms with Gasteiger partial charge in [0.25, 0.3) is 5.56 Å². The van der Waals surface area contributed by atoms with E-state index >= 15 is 0 Å². The predicted octanol–water partition coefficient (Wildman–Crippen LogP) is 4.17. The lowest BCUT2D eigenvalue weighted by molar-refractivity contribution is 0.573. The van der Waals surface area contributed by atoms with Crippen LogP contribution in [0.4, 0.5) is 4.39 Å². The molecular formula is C24H19FN2O3S. The fourth-order valence-corrected chi connectivity index (χ4v) is 4.00. The second-order valence-electron chi connectivity index (χ2n) is 7.15. The van der Waals surface area contributed by atoms with E-state index in [1.54, 1.807) is 36.5 Å². The van der Waals surface area contributed by atoms with Gasteiger partial charge in [0, 0.05) is 17.4 Å². The Labute approximate surface area is 179 Å². The number of halogens is 1. The maximum Gasteiger partial charge on any atom is 0.275 e. The highest BCUT2D eigenvalue weighted by Gasteiger charge is 2.17. The molecule has 0 amide bonds. The molecule has 7 heteroatoms. The zero-order chi connectivity index (χ0) is 22.0. The SMILES string of the molecule is CS(=O)(=O)c1ccc(-c2cnn(Cc3ccccc3F)c(=O)c2-c2ccccc2)cc1. The van der Waals surface area contributed by atoms with Gasteiger partial charge in [0.2, 0.25) is 0 Å². The minimum atomic E-state index is -3.33. The van der Waals surface area contributed by atoms with Crippen LogP contribution in [0.2, 0.25) is 0 Å². The Bertz CT molecular complexity index is 1400. The van der Waals surface area contributed by atoms with Gasteiger partial charge in [-0.3, -0.25) is 4.79 Å². The fraction of sp³-hybridized carbons (Fsp3) is 0.0833. The van der Waals surface area contributed by atoms with Gasteiger partial charge in [0.15, 0.2) is 9.84 Å². The van der Waals surface area contributed by atoms with Crippen LogP contribution in [0.5, 0.6) is 0 Å². The highest BCUT2D eigenvalue weighted by Crippen LogP contribution is 2.29. The molecule has 0 saturated carbocycles. The molecule has 0 aliphatic heterocycles. The van der Waals surface area contributed by atoms with Crippen molar-refractivity contribution in [1.82, 2.24) is 9.78 Å². The van der Waals surface area contributed by atoms with E-state index in [4.69, 9.17) is 0 Å². The van der Waals surface area contributed by atoms with E-state index in [0.717, 1.165) is 6.26 Å². The second kappa shape index (κ2) is 8.28. The summed E-state index contributed by atoms with van der Waals surface area (Å²) in [6.45, 7) is -0.00135. The molecule has 0 unspecified atom stereocenters. The van der Waals surface area contributed by atoms with E-state index in [1.807, 2.05) is 30.3 Å². The number of hydrogen-bond acceptors (Lipinski definition) is 4. The smallest absolute Gasteiger partial charge is 0.267 e. The summed E-state index contributed by atoms with van der Waals surface area (Å²) < 4.78 is 38.9. The van der Waals surface area contributed by atoms with Gasteiger partial charge in [-0.2, -0.15) is 5.10 Å². The third-order valence-electron chi connectivity index (χ3n) is 4.98. The fourth-order valence-electron chi connectivity index (χ4n) is 3.37. The number of benzene rings is 3. The van der Waals surface area contributed by atoms with Crippen molar-refractivity contribution >= 4 is 9.84 Å². The molecule has 31 heavy (non-hydrogen) atoms. The largest absolute Gasteiger partial charge is 0.275 e. The van der Waals surface area contributed by atoms with Crippen LogP contribution in [0.15, 0.2) is 94.7 Å². The van der Waals surface area contributed by atoms with Gasteiger partial charge in [0.05, 0.1) is 23.2 Å². The highest BCUT2D eigenvalue weighted by molar-refractivity contribution is 7.90. The van der Waals surface area contributed by atoms with Crippen molar-refractivity contribution in [3.63, 3.8) is 0 Å². The molecule has 0 radical (unpaired) electrons. The molecule has 156 valence electrons. The Morgan fingerprint density at radius 2 is 1.52 bits per heavy atom. The summed E-state index contributed by atoms with van der Waals surface area (Å²) in [6.07, 6.45) is 2.70. The summed E-state index contributed by atoms with van der Waals surface area (Å²) in [7, 11) is -3.33. The molecule has 5 nitrogen and oxygen atoms in total. The molecule has 0 saturated heterocycles. The molecule has 0 spiro atoms. The topological polar surface area (TPSA) is 69.0 Å². The van der Waals surface area contributed by atoms with Crippen LogP contribution in [0.3, 0.4) is 0 Å². The minimum absolute atomic E-state index is 0.00135. The van der Waals surface area contributed by atoms with Gasteiger partial charge in [-0.05, 0) is 29.3 Å². The van der Waals surface area contributed by atoms with Crippen LogP contribution >= 0.6 is 0 Å². The van der Waals surface area contributed by atoms with E-state index in [0.29, 0.717) is 27.8 Å². The Hall–Kier alpha value is -3.58. The maximum atomic E-state index is 14.1. The number of rotatable bonds is 5. The molecule has 0 fully saturated rings. The Morgan fingerprint density at radius 1 is 0.871 bits per heavy atom. The van der Waals surface area contributed by atoms with Crippen LogP contribution in [-0.4, -0.2) is 24.5 Å². The van der Waals surface area contributed by atoms with Gasteiger partial charge in [-0.25, -0.2) is 17.5 Å². The van der Waals surface area contributed by atoms with Crippen LogP contribution < -0.4 is 5.56 Å². The number of nitrogens with zero attached hydrogens (tertiary/aromatic N) is 2. The van der Waals surface area contributed by atoms with Crippen LogP contribution in [0.1, 0.15) is 5.56 Å². The van der Waals surface area contributed by atoms with E-state index in [9.17, 15) is 17.6 Å². The lowest BCUT2D eigenvalue weighted by Gasteiger charge is -2.13. The average Bonchev–Trinajstić information content (AvgIpc) is 2.76. The molecule has 0 aliphatic carbocycles. The number of aromatic nitrogens is 2. The quantitative estimate of drug-likeness (QED) is 0.473. The summed E-state index contributed by atoms with van der Waals surface area (Å²) in [5, 5.41) is 4.27. The molecule has 4 aromatic rings. The monoisotopic (exact) mass is 434 g/mol. The van der Waals surface area contributed by atoms with Gasteiger partial charge in [0.1, 0.15) is 5.82 Å². The van der Waals surface area contributed by atoms with E-state index in [1.165, 1.54) is 22.9 Å². The first-order chi connectivity index (χ1) is 14.8. The lowest BCUT2D eigenvalue weighted by atomic mass is 9.97. The molecule has 1 heterocycles. The van der Waals surface area contributed by atoms with Gasteiger partial charge >= 0.3 is 0 Å². The van der Waals surface area contributed by atoms with Crippen LogP contribution in [-0.2, 0) is 16.4 Å². The minimum Gasteiger partial charge on any atom is -0.267 e. The molecule has 0 N–H and O–H groups in total. The van der Waals surface area contributed by atoms with E-state index < -0.39 is 15.7 Å². The third kappa shape index (κ3) is 4.32. The van der Waals surface area contributed by atoms with E-state index in [2.05, 4.69) is 5.10 Å². The Kier molecular flexibility index (Phi) is 5.52. The van der Waals surface area contributed by atoms with Crippen molar-refractivity contribution < 1.29 is 12.8 Å². The number of hydrogen-bond donors (Lipinski definition) is 0. The Balaban J connectivity index is 1.87. The first kappa shape index (κ1) is 20.7. The second-order valence-corrected chi connectivity index (χ2v) is 9.17. The van der Waals surface area contributed by atoms with E-state index in [-0.39, 0.29) is 17.0 Å².